The summed E-state index contributed by atoms with van der Waals surface area (Å²) in [5.41, 5.74) is 8.71. The highest BCUT2D eigenvalue weighted by molar-refractivity contribution is 7.19. The lowest BCUT2D eigenvalue weighted by Gasteiger charge is -2.19. The molecule has 0 bridgehead atoms. The molecular formula is C16H19ClN2OS. The number of anilines is 1. The van der Waals surface area contributed by atoms with E-state index in [9.17, 15) is 4.79 Å². The van der Waals surface area contributed by atoms with Crippen LogP contribution in [-0.4, -0.2) is 23.9 Å². The summed E-state index contributed by atoms with van der Waals surface area (Å²) >= 11 is 7.38. The van der Waals surface area contributed by atoms with Gasteiger partial charge in [-0.2, -0.15) is 0 Å². The third-order valence-electron chi connectivity index (χ3n) is 3.54. The summed E-state index contributed by atoms with van der Waals surface area (Å²) in [6.07, 6.45) is 0. The van der Waals surface area contributed by atoms with Crippen LogP contribution in [0.3, 0.4) is 0 Å². The number of thiophene rings is 1. The molecule has 0 aliphatic carbocycles. The first kappa shape index (κ1) is 15.9. The topological polar surface area (TPSA) is 46.3 Å². The van der Waals surface area contributed by atoms with E-state index in [0.29, 0.717) is 28.7 Å². The van der Waals surface area contributed by atoms with E-state index < -0.39 is 0 Å². The highest BCUT2D eigenvalue weighted by Gasteiger charge is 2.23. The van der Waals surface area contributed by atoms with Crippen LogP contribution < -0.4 is 5.73 Å². The van der Waals surface area contributed by atoms with Crippen molar-refractivity contribution in [2.75, 3.05) is 18.8 Å². The third kappa shape index (κ3) is 3.06. The summed E-state index contributed by atoms with van der Waals surface area (Å²) in [7, 11) is 0. The molecule has 112 valence electrons. The first-order valence-electron chi connectivity index (χ1n) is 6.93. The highest BCUT2D eigenvalue weighted by Crippen LogP contribution is 2.39. The number of hydrogen-bond donors (Lipinski definition) is 1. The number of rotatable bonds is 4. The van der Waals surface area contributed by atoms with E-state index in [1.54, 1.807) is 4.90 Å². The fourth-order valence-electron chi connectivity index (χ4n) is 2.35. The van der Waals surface area contributed by atoms with Gasteiger partial charge in [-0.25, -0.2) is 0 Å². The van der Waals surface area contributed by atoms with E-state index in [-0.39, 0.29) is 5.91 Å². The zero-order chi connectivity index (χ0) is 15.6. The first-order valence-corrected chi connectivity index (χ1v) is 8.13. The molecule has 0 saturated heterocycles. The van der Waals surface area contributed by atoms with Gasteiger partial charge in [0.2, 0.25) is 0 Å². The van der Waals surface area contributed by atoms with Gasteiger partial charge in [0, 0.05) is 23.0 Å². The molecule has 1 heterocycles. The molecule has 0 radical (unpaired) electrons. The molecule has 0 spiro atoms. The summed E-state index contributed by atoms with van der Waals surface area (Å²) in [5, 5.41) is 1.27. The molecule has 0 atom stereocenters. The van der Waals surface area contributed by atoms with Crippen LogP contribution >= 0.6 is 22.9 Å². The molecule has 2 aromatic rings. The van der Waals surface area contributed by atoms with Crippen molar-refractivity contribution in [3.05, 3.63) is 40.4 Å². The van der Waals surface area contributed by atoms with Crippen molar-refractivity contribution in [3.8, 4) is 10.4 Å². The van der Waals surface area contributed by atoms with Crippen LogP contribution in [0.15, 0.2) is 24.3 Å². The molecule has 0 fully saturated rings. The number of nitrogens with zero attached hydrogens (tertiary/aromatic N) is 1. The number of hydrogen-bond acceptors (Lipinski definition) is 3. The maximum atomic E-state index is 12.6. The minimum Gasteiger partial charge on any atom is -0.390 e. The Hall–Kier alpha value is -1.52. The van der Waals surface area contributed by atoms with Gasteiger partial charge < -0.3 is 10.6 Å². The van der Waals surface area contributed by atoms with E-state index in [0.717, 1.165) is 16.0 Å². The van der Waals surface area contributed by atoms with E-state index in [2.05, 4.69) is 0 Å². The predicted octanol–water partition coefficient (Wildman–Crippen LogP) is 4.44. The lowest BCUT2D eigenvalue weighted by Crippen LogP contribution is -2.31. The van der Waals surface area contributed by atoms with E-state index >= 15 is 0 Å². The van der Waals surface area contributed by atoms with Gasteiger partial charge in [0.05, 0.1) is 10.6 Å². The zero-order valence-electron chi connectivity index (χ0n) is 12.4. The smallest absolute Gasteiger partial charge is 0.257 e. The first-order chi connectivity index (χ1) is 9.99. The Morgan fingerprint density at radius 2 is 1.81 bits per heavy atom. The van der Waals surface area contributed by atoms with Gasteiger partial charge in [-0.15, -0.1) is 11.3 Å². The van der Waals surface area contributed by atoms with Crippen molar-refractivity contribution in [2.45, 2.75) is 20.8 Å². The molecule has 5 heteroatoms. The molecule has 3 nitrogen and oxygen atoms in total. The second-order valence-corrected chi connectivity index (χ2v) is 6.27. The Morgan fingerprint density at radius 3 is 2.33 bits per heavy atom. The summed E-state index contributed by atoms with van der Waals surface area (Å²) in [5.74, 6) is 0.00598. The monoisotopic (exact) mass is 322 g/mol. The summed E-state index contributed by atoms with van der Waals surface area (Å²) < 4.78 is 0. The molecule has 0 aliphatic rings. The number of carbonyl (C=O) groups excluding carboxylic acids is 1. The number of halogens is 1. The van der Waals surface area contributed by atoms with Crippen molar-refractivity contribution in [3.63, 3.8) is 0 Å². The molecule has 1 aromatic heterocycles. The standard InChI is InChI=1S/C16H19ClN2OS/c1-4-19(5-2)16(20)13-10(3)14(21-15(13)18)11-6-8-12(17)9-7-11/h6-9H,4-5,18H2,1-3H3. The fourth-order valence-corrected chi connectivity index (χ4v) is 3.54. The number of carbonyl (C=O) groups is 1. The largest absolute Gasteiger partial charge is 0.390 e. The minimum atomic E-state index is 0.00598. The van der Waals surface area contributed by atoms with Gasteiger partial charge in [0.1, 0.15) is 0 Å². The molecule has 0 saturated carbocycles. The van der Waals surface area contributed by atoms with Gasteiger partial charge in [-0.1, -0.05) is 23.7 Å². The highest BCUT2D eigenvalue weighted by atomic mass is 35.5. The van der Waals surface area contributed by atoms with Crippen LogP contribution in [0.4, 0.5) is 5.00 Å². The second-order valence-electron chi connectivity index (χ2n) is 4.78. The van der Waals surface area contributed by atoms with Crippen LogP contribution in [0.5, 0.6) is 0 Å². The Morgan fingerprint density at radius 1 is 1.24 bits per heavy atom. The van der Waals surface area contributed by atoms with Gasteiger partial charge in [-0.3, -0.25) is 4.79 Å². The molecule has 2 N–H and O–H groups in total. The molecular weight excluding hydrogens is 304 g/mol. The van der Waals surface area contributed by atoms with E-state index in [1.807, 2.05) is 45.0 Å². The zero-order valence-corrected chi connectivity index (χ0v) is 14.0. The molecule has 1 amide bonds. The van der Waals surface area contributed by atoms with Crippen molar-refractivity contribution in [2.24, 2.45) is 0 Å². The van der Waals surface area contributed by atoms with Gasteiger partial charge in [0.15, 0.2) is 0 Å². The Labute approximate surface area is 134 Å². The molecule has 21 heavy (non-hydrogen) atoms. The van der Waals surface area contributed by atoms with Crippen molar-refractivity contribution in [1.29, 1.82) is 0 Å². The van der Waals surface area contributed by atoms with Crippen LogP contribution in [0.25, 0.3) is 10.4 Å². The van der Waals surface area contributed by atoms with Crippen LogP contribution in [-0.2, 0) is 0 Å². The number of nitrogen functional groups attached to an aromatic ring is 1. The van der Waals surface area contributed by atoms with Gasteiger partial charge >= 0.3 is 0 Å². The molecule has 0 unspecified atom stereocenters. The van der Waals surface area contributed by atoms with Crippen molar-refractivity contribution in [1.82, 2.24) is 4.90 Å². The SMILES string of the molecule is CCN(CC)C(=O)c1c(N)sc(-c2ccc(Cl)cc2)c1C. The number of benzene rings is 1. The maximum absolute atomic E-state index is 12.6. The third-order valence-corrected chi connectivity index (χ3v) is 4.97. The normalized spacial score (nSPS) is 10.7. The average molecular weight is 323 g/mol. The number of amides is 1. The van der Waals surface area contributed by atoms with E-state index in [1.165, 1.54) is 11.3 Å². The lowest BCUT2D eigenvalue weighted by molar-refractivity contribution is 0.0774. The van der Waals surface area contributed by atoms with Gasteiger partial charge in [0.25, 0.3) is 5.91 Å². The quantitative estimate of drug-likeness (QED) is 0.904. The summed E-state index contributed by atoms with van der Waals surface area (Å²) in [6, 6.07) is 7.59. The van der Waals surface area contributed by atoms with Crippen LogP contribution in [0.2, 0.25) is 5.02 Å². The maximum Gasteiger partial charge on any atom is 0.257 e. The number of nitrogens with two attached hydrogens (primary N) is 1. The van der Waals surface area contributed by atoms with Gasteiger partial charge in [-0.05, 0) is 44.0 Å². The average Bonchev–Trinajstić information content (AvgIpc) is 2.76. The minimum absolute atomic E-state index is 0.00598. The Balaban J connectivity index is 2.47. The Bertz CT molecular complexity index is 645. The second kappa shape index (κ2) is 6.50. The fraction of sp³-hybridized carbons (Fsp3) is 0.312. The van der Waals surface area contributed by atoms with Crippen LogP contribution in [0, 0.1) is 6.92 Å². The van der Waals surface area contributed by atoms with E-state index in [4.69, 9.17) is 17.3 Å². The molecule has 1 aromatic carbocycles. The van der Waals surface area contributed by atoms with Crippen molar-refractivity contribution >= 4 is 33.8 Å². The Kier molecular flexibility index (Phi) is 4.91. The summed E-state index contributed by atoms with van der Waals surface area (Å²) in [4.78, 5) is 15.4. The lowest BCUT2D eigenvalue weighted by atomic mass is 10.1. The van der Waals surface area contributed by atoms with Crippen LogP contribution in [0.1, 0.15) is 29.8 Å². The molecule has 0 aliphatic heterocycles. The van der Waals surface area contributed by atoms with Crippen molar-refractivity contribution < 1.29 is 4.79 Å². The molecule has 2 rings (SSSR count). The predicted molar refractivity (Wildman–Crippen MR) is 91.2 cm³/mol. The summed E-state index contributed by atoms with van der Waals surface area (Å²) in [6.45, 7) is 7.26.